The molecule has 114 valence electrons. The molecule has 0 spiro atoms. The van der Waals surface area contributed by atoms with Gasteiger partial charge in [-0.25, -0.2) is 9.97 Å². The molecule has 0 aliphatic heterocycles. The predicted octanol–water partition coefficient (Wildman–Crippen LogP) is 3.67. The summed E-state index contributed by atoms with van der Waals surface area (Å²) in [5.41, 5.74) is 12.3. The predicted molar refractivity (Wildman–Crippen MR) is 93.3 cm³/mol. The normalized spacial score (nSPS) is 11.2. The maximum atomic E-state index is 7.34. The van der Waals surface area contributed by atoms with Crippen LogP contribution >= 0.6 is 15.9 Å². The summed E-state index contributed by atoms with van der Waals surface area (Å²) in [6.45, 7) is 0. The van der Waals surface area contributed by atoms with E-state index < -0.39 is 0 Å². The van der Waals surface area contributed by atoms with Gasteiger partial charge in [0.2, 0.25) is 0 Å². The summed E-state index contributed by atoms with van der Waals surface area (Å²) >= 11 is 3.50. The first-order chi connectivity index (χ1) is 11.1. The van der Waals surface area contributed by atoms with Gasteiger partial charge in [0.1, 0.15) is 11.5 Å². The van der Waals surface area contributed by atoms with Gasteiger partial charge in [-0.3, -0.25) is 5.41 Å². The molecule has 0 saturated carbocycles. The standard InChI is InChI=1S/C15H12BrN7/c16-10-3-1-2-8-6-21-15(19)13(12(8)10)23-22-11-5-4-9(7-20-11)14(17)18/h1-7H,(H3,17,18)(H2,19,21). The van der Waals surface area contributed by atoms with Crippen molar-refractivity contribution in [3.8, 4) is 0 Å². The number of nitrogens with zero attached hydrogens (tertiary/aromatic N) is 4. The quantitative estimate of drug-likeness (QED) is 0.369. The Bertz CT molecular complexity index is 919. The second-order valence-electron chi connectivity index (χ2n) is 4.71. The summed E-state index contributed by atoms with van der Waals surface area (Å²) in [5, 5.41) is 17.4. The number of anilines is 1. The van der Waals surface area contributed by atoms with Crippen LogP contribution in [0.15, 0.2) is 57.4 Å². The number of pyridine rings is 2. The fourth-order valence-corrected chi connectivity index (χ4v) is 2.60. The Kier molecular flexibility index (Phi) is 3.98. The minimum Gasteiger partial charge on any atom is -0.384 e. The SMILES string of the molecule is N=C(N)c1ccc(N=Nc2c(N)ncc3cccc(Br)c23)nc1. The summed E-state index contributed by atoms with van der Waals surface area (Å²) < 4.78 is 0.859. The third-order valence-corrected chi connectivity index (χ3v) is 3.84. The summed E-state index contributed by atoms with van der Waals surface area (Å²) in [7, 11) is 0. The van der Waals surface area contributed by atoms with Gasteiger partial charge in [0.25, 0.3) is 0 Å². The van der Waals surface area contributed by atoms with Crippen LogP contribution in [-0.2, 0) is 0 Å². The summed E-state index contributed by atoms with van der Waals surface area (Å²) in [6.07, 6.45) is 3.16. The second kappa shape index (κ2) is 6.09. The zero-order chi connectivity index (χ0) is 16.4. The van der Waals surface area contributed by atoms with Crippen LogP contribution in [0.25, 0.3) is 10.8 Å². The molecule has 0 fully saturated rings. The van der Waals surface area contributed by atoms with Crippen molar-refractivity contribution in [3.05, 3.63) is 52.8 Å². The topological polar surface area (TPSA) is 126 Å². The smallest absolute Gasteiger partial charge is 0.174 e. The monoisotopic (exact) mass is 369 g/mol. The van der Waals surface area contributed by atoms with Crippen molar-refractivity contribution >= 4 is 49.9 Å². The maximum Gasteiger partial charge on any atom is 0.174 e. The highest BCUT2D eigenvalue weighted by atomic mass is 79.9. The van der Waals surface area contributed by atoms with Crippen molar-refractivity contribution in [2.75, 3.05) is 5.73 Å². The van der Waals surface area contributed by atoms with Gasteiger partial charge in [-0.2, -0.15) is 0 Å². The highest BCUT2D eigenvalue weighted by molar-refractivity contribution is 9.10. The van der Waals surface area contributed by atoms with Crippen LogP contribution in [0.3, 0.4) is 0 Å². The number of nitrogens with one attached hydrogen (secondary N) is 1. The molecule has 0 atom stereocenters. The fraction of sp³-hybridized carbons (Fsp3) is 0. The van der Waals surface area contributed by atoms with E-state index in [1.54, 1.807) is 18.3 Å². The van der Waals surface area contributed by atoms with Gasteiger partial charge in [-0.05, 0) is 18.2 Å². The summed E-state index contributed by atoms with van der Waals surface area (Å²) in [5.74, 6) is 0.624. The van der Waals surface area contributed by atoms with Gasteiger partial charge < -0.3 is 11.5 Å². The molecule has 8 heteroatoms. The van der Waals surface area contributed by atoms with E-state index in [0.29, 0.717) is 17.1 Å². The molecule has 3 aromatic rings. The Morgan fingerprint density at radius 1 is 1.09 bits per heavy atom. The Labute approximate surface area is 140 Å². The van der Waals surface area contributed by atoms with Crippen molar-refractivity contribution in [3.63, 3.8) is 0 Å². The first-order valence-electron chi connectivity index (χ1n) is 6.61. The molecule has 5 N–H and O–H groups in total. The zero-order valence-corrected chi connectivity index (χ0v) is 13.4. The molecular weight excluding hydrogens is 358 g/mol. The van der Waals surface area contributed by atoms with Crippen LogP contribution in [0.5, 0.6) is 0 Å². The molecule has 3 rings (SSSR count). The molecule has 23 heavy (non-hydrogen) atoms. The van der Waals surface area contributed by atoms with Crippen molar-refractivity contribution in [2.24, 2.45) is 16.0 Å². The van der Waals surface area contributed by atoms with Gasteiger partial charge in [-0.1, -0.05) is 28.1 Å². The number of azo groups is 1. The van der Waals surface area contributed by atoms with E-state index in [-0.39, 0.29) is 11.7 Å². The van der Waals surface area contributed by atoms with Gasteiger partial charge in [0.15, 0.2) is 11.6 Å². The van der Waals surface area contributed by atoms with Gasteiger partial charge in [0.05, 0.1) is 0 Å². The third-order valence-electron chi connectivity index (χ3n) is 3.18. The van der Waals surface area contributed by atoms with Crippen molar-refractivity contribution in [2.45, 2.75) is 0 Å². The Balaban J connectivity index is 2.04. The molecule has 0 radical (unpaired) electrons. The summed E-state index contributed by atoms with van der Waals surface area (Å²) in [4.78, 5) is 8.23. The number of fused-ring (bicyclic) bond motifs is 1. The van der Waals surface area contributed by atoms with E-state index >= 15 is 0 Å². The number of nitrogen functional groups attached to an aromatic ring is 2. The molecule has 0 saturated heterocycles. The number of benzene rings is 1. The molecule has 0 aliphatic carbocycles. The number of nitrogens with two attached hydrogens (primary N) is 2. The minimum absolute atomic E-state index is 0.0487. The van der Waals surface area contributed by atoms with Crippen LogP contribution in [-0.4, -0.2) is 15.8 Å². The van der Waals surface area contributed by atoms with Crippen LogP contribution < -0.4 is 11.5 Å². The highest BCUT2D eigenvalue weighted by Crippen LogP contribution is 2.36. The average molecular weight is 370 g/mol. The van der Waals surface area contributed by atoms with E-state index in [1.165, 1.54) is 6.20 Å². The van der Waals surface area contributed by atoms with Crippen LogP contribution in [0.4, 0.5) is 17.3 Å². The zero-order valence-electron chi connectivity index (χ0n) is 11.9. The number of aromatic nitrogens is 2. The first kappa shape index (κ1) is 15.0. The number of hydrogen-bond acceptors (Lipinski definition) is 6. The molecular formula is C15H12BrN7. The molecule has 2 aromatic heterocycles. The summed E-state index contributed by atoms with van der Waals surface area (Å²) in [6, 6.07) is 9.02. The Hall–Kier alpha value is -2.87. The molecule has 1 aromatic carbocycles. The van der Waals surface area contributed by atoms with E-state index in [0.717, 1.165) is 15.2 Å². The van der Waals surface area contributed by atoms with Crippen molar-refractivity contribution in [1.82, 2.24) is 9.97 Å². The molecule has 0 unspecified atom stereocenters. The molecule has 2 heterocycles. The van der Waals surface area contributed by atoms with Gasteiger partial charge in [0, 0.05) is 33.2 Å². The highest BCUT2D eigenvalue weighted by Gasteiger charge is 2.09. The van der Waals surface area contributed by atoms with E-state index in [4.69, 9.17) is 16.9 Å². The maximum absolute atomic E-state index is 7.34. The Morgan fingerprint density at radius 2 is 1.91 bits per heavy atom. The van der Waals surface area contributed by atoms with Crippen LogP contribution in [0, 0.1) is 5.41 Å². The number of rotatable bonds is 3. The lowest BCUT2D eigenvalue weighted by molar-refractivity contribution is 1.15. The fourth-order valence-electron chi connectivity index (χ4n) is 2.03. The molecule has 7 nitrogen and oxygen atoms in total. The lowest BCUT2D eigenvalue weighted by Gasteiger charge is -2.05. The lowest BCUT2D eigenvalue weighted by atomic mass is 10.1. The minimum atomic E-state index is -0.0487. The van der Waals surface area contributed by atoms with Crippen LogP contribution in [0.1, 0.15) is 5.56 Å². The van der Waals surface area contributed by atoms with E-state index in [9.17, 15) is 0 Å². The van der Waals surface area contributed by atoms with E-state index in [1.807, 2.05) is 18.2 Å². The number of amidine groups is 1. The van der Waals surface area contributed by atoms with Crippen LogP contribution in [0.2, 0.25) is 0 Å². The number of halogens is 1. The average Bonchev–Trinajstić information content (AvgIpc) is 2.55. The van der Waals surface area contributed by atoms with Crippen molar-refractivity contribution < 1.29 is 0 Å². The second-order valence-corrected chi connectivity index (χ2v) is 5.57. The van der Waals surface area contributed by atoms with Gasteiger partial charge in [-0.15, -0.1) is 10.2 Å². The molecule has 0 amide bonds. The molecule has 0 aliphatic rings. The number of hydrogen-bond donors (Lipinski definition) is 3. The van der Waals surface area contributed by atoms with Gasteiger partial charge >= 0.3 is 0 Å². The third kappa shape index (κ3) is 3.02. The lowest BCUT2D eigenvalue weighted by Crippen LogP contribution is -2.10. The largest absolute Gasteiger partial charge is 0.384 e. The Morgan fingerprint density at radius 3 is 2.61 bits per heavy atom. The van der Waals surface area contributed by atoms with Crippen molar-refractivity contribution in [1.29, 1.82) is 5.41 Å². The van der Waals surface area contributed by atoms with E-state index in [2.05, 4.69) is 36.1 Å². The first-order valence-corrected chi connectivity index (χ1v) is 7.40. The molecule has 0 bridgehead atoms.